The summed E-state index contributed by atoms with van der Waals surface area (Å²) in [6.45, 7) is 4.13. The Morgan fingerprint density at radius 1 is 1.80 bits per heavy atom. The molecule has 0 saturated heterocycles. The van der Waals surface area contributed by atoms with Crippen LogP contribution >= 0.6 is 0 Å². The zero-order valence-corrected chi connectivity index (χ0v) is 6.04. The number of fused-ring (bicyclic) bond motifs is 1. The van der Waals surface area contributed by atoms with E-state index >= 15 is 0 Å². The van der Waals surface area contributed by atoms with Gasteiger partial charge in [0, 0.05) is 18.8 Å². The van der Waals surface area contributed by atoms with Crippen LogP contribution in [0.2, 0.25) is 0 Å². The third-order valence-electron chi connectivity index (χ3n) is 1.88. The van der Waals surface area contributed by atoms with E-state index in [9.17, 15) is 0 Å². The standard InChI is InChI=1S/C7H11N3/c1-6-5-10-7(4-8-6)2-3-9-10/h2-3,6,8H,4-5H2,1H3/t6-/m1/s1. The minimum absolute atomic E-state index is 0.562. The predicted octanol–water partition coefficient (Wildman–Crippen LogP) is 0.375. The van der Waals surface area contributed by atoms with Crippen molar-refractivity contribution in [3.63, 3.8) is 0 Å². The van der Waals surface area contributed by atoms with Gasteiger partial charge in [0.1, 0.15) is 0 Å². The molecule has 3 nitrogen and oxygen atoms in total. The van der Waals surface area contributed by atoms with Gasteiger partial charge in [0.2, 0.25) is 0 Å². The monoisotopic (exact) mass is 137 g/mol. The van der Waals surface area contributed by atoms with Crippen molar-refractivity contribution in [1.82, 2.24) is 15.1 Å². The summed E-state index contributed by atoms with van der Waals surface area (Å²) >= 11 is 0. The summed E-state index contributed by atoms with van der Waals surface area (Å²) in [5.41, 5.74) is 1.29. The van der Waals surface area contributed by atoms with Crippen LogP contribution in [0.3, 0.4) is 0 Å². The third-order valence-corrected chi connectivity index (χ3v) is 1.88. The number of aromatic nitrogens is 2. The van der Waals surface area contributed by atoms with E-state index in [0.717, 1.165) is 13.1 Å². The van der Waals surface area contributed by atoms with Crippen molar-refractivity contribution >= 4 is 0 Å². The Hall–Kier alpha value is -0.830. The molecule has 0 aromatic carbocycles. The van der Waals surface area contributed by atoms with Crippen LogP contribution in [0.15, 0.2) is 12.3 Å². The van der Waals surface area contributed by atoms with Crippen LogP contribution in [0, 0.1) is 0 Å². The van der Waals surface area contributed by atoms with Crippen molar-refractivity contribution in [2.45, 2.75) is 26.1 Å². The Kier molecular flexibility index (Phi) is 1.24. The molecule has 2 heterocycles. The molecule has 0 amide bonds. The zero-order chi connectivity index (χ0) is 6.97. The first-order valence-corrected chi connectivity index (χ1v) is 3.60. The third kappa shape index (κ3) is 0.827. The first-order chi connectivity index (χ1) is 4.86. The van der Waals surface area contributed by atoms with E-state index in [4.69, 9.17) is 0 Å². The summed E-state index contributed by atoms with van der Waals surface area (Å²) in [5.74, 6) is 0. The summed E-state index contributed by atoms with van der Waals surface area (Å²) < 4.78 is 2.06. The van der Waals surface area contributed by atoms with Crippen molar-refractivity contribution in [2.24, 2.45) is 0 Å². The highest BCUT2D eigenvalue weighted by Gasteiger charge is 2.12. The topological polar surface area (TPSA) is 29.9 Å². The van der Waals surface area contributed by atoms with Crippen molar-refractivity contribution in [3.05, 3.63) is 18.0 Å². The molecule has 1 atom stereocenters. The largest absolute Gasteiger partial charge is 0.307 e. The number of hydrogen-bond acceptors (Lipinski definition) is 2. The Morgan fingerprint density at radius 3 is 3.60 bits per heavy atom. The molecule has 54 valence electrons. The molecule has 0 radical (unpaired) electrons. The summed E-state index contributed by atoms with van der Waals surface area (Å²) in [7, 11) is 0. The molecule has 1 N–H and O–H groups in total. The van der Waals surface area contributed by atoms with Crippen LogP contribution in [0.5, 0.6) is 0 Å². The van der Waals surface area contributed by atoms with Crippen molar-refractivity contribution < 1.29 is 0 Å². The lowest BCUT2D eigenvalue weighted by molar-refractivity contribution is 0.389. The summed E-state index contributed by atoms with van der Waals surface area (Å²) in [6, 6.07) is 2.62. The molecule has 10 heavy (non-hydrogen) atoms. The molecule has 2 rings (SSSR count). The quantitative estimate of drug-likeness (QED) is 0.560. The lowest BCUT2D eigenvalue weighted by Crippen LogP contribution is -2.36. The molecular weight excluding hydrogens is 126 g/mol. The van der Waals surface area contributed by atoms with Crippen LogP contribution in [-0.4, -0.2) is 15.8 Å². The molecular formula is C7H11N3. The normalized spacial score (nSPS) is 24.3. The Bertz CT molecular complexity index is 229. The van der Waals surface area contributed by atoms with Crippen LogP contribution in [0.1, 0.15) is 12.6 Å². The van der Waals surface area contributed by atoms with Gasteiger partial charge >= 0.3 is 0 Å². The molecule has 0 saturated carbocycles. The van der Waals surface area contributed by atoms with Crippen LogP contribution < -0.4 is 5.32 Å². The van der Waals surface area contributed by atoms with Crippen molar-refractivity contribution in [1.29, 1.82) is 0 Å². The summed E-state index contributed by atoms with van der Waals surface area (Å²) in [6.07, 6.45) is 1.86. The SMILES string of the molecule is C[C@@H]1Cn2nccc2CN1. The second kappa shape index (κ2) is 2.09. The molecule has 1 aliphatic rings. The molecule has 1 aromatic rings. The maximum absolute atomic E-state index is 4.18. The van der Waals surface area contributed by atoms with E-state index in [1.165, 1.54) is 5.69 Å². The van der Waals surface area contributed by atoms with E-state index in [1.54, 1.807) is 0 Å². The molecule has 1 aliphatic heterocycles. The fraction of sp³-hybridized carbons (Fsp3) is 0.571. The van der Waals surface area contributed by atoms with Crippen molar-refractivity contribution in [2.75, 3.05) is 0 Å². The number of rotatable bonds is 0. The number of nitrogens with zero attached hydrogens (tertiary/aromatic N) is 2. The molecule has 0 aliphatic carbocycles. The molecule has 3 heteroatoms. The van der Waals surface area contributed by atoms with Gasteiger partial charge in [-0.3, -0.25) is 4.68 Å². The second-order valence-corrected chi connectivity index (χ2v) is 2.79. The molecule has 0 fully saturated rings. The maximum Gasteiger partial charge on any atom is 0.0563 e. The van der Waals surface area contributed by atoms with Gasteiger partial charge in [-0.2, -0.15) is 5.10 Å². The van der Waals surface area contributed by atoms with Crippen LogP contribution in [0.25, 0.3) is 0 Å². The minimum atomic E-state index is 0.562. The van der Waals surface area contributed by atoms with Crippen molar-refractivity contribution in [3.8, 4) is 0 Å². The van der Waals surface area contributed by atoms with Gasteiger partial charge in [-0.05, 0) is 13.0 Å². The van der Waals surface area contributed by atoms with Gasteiger partial charge in [-0.1, -0.05) is 0 Å². The highest BCUT2D eigenvalue weighted by Crippen LogP contribution is 2.05. The van der Waals surface area contributed by atoms with Crippen LogP contribution in [-0.2, 0) is 13.1 Å². The van der Waals surface area contributed by atoms with E-state index in [-0.39, 0.29) is 0 Å². The molecule has 0 unspecified atom stereocenters. The maximum atomic E-state index is 4.18. The fourth-order valence-corrected chi connectivity index (χ4v) is 1.28. The minimum Gasteiger partial charge on any atom is -0.307 e. The Labute approximate surface area is 60.0 Å². The molecule has 1 aromatic heterocycles. The molecule has 0 spiro atoms. The van der Waals surface area contributed by atoms with Gasteiger partial charge in [-0.25, -0.2) is 0 Å². The van der Waals surface area contributed by atoms with Gasteiger partial charge in [0.15, 0.2) is 0 Å². The van der Waals surface area contributed by atoms with Gasteiger partial charge in [-0.15, -0.1) is 0 Å². The summed E-state index contributed by atoms with van der Waals surface area (Å²) in [4.78, 5) is 0. The van der Waals surface area contributed by atoms with Gasteiger partial charge < -0.3 is 5.32 Å². The average molecular weight is 137 g/mol. The zero-order valence-electron chi connectivity index (χ0n) is 6.04. The van der Waals surface area contributed by atoms with E-state index < -0.39 is 0 Å². The lowest BCUT2D eigenvalue weighted by atomic mass is 10.2. The predicted molar refractivity (Wildman–Crippen MR) is 38.5 cm³/mol. The smallest absolute Gasteiger partial charge is 0.0563 e. The highest BCUT2D eigenvalue weighted by molar-refractivity contribution is 5.02. The Morgan fingerprint density at radius 2 is 2.70 bits per heavy atom. The Balaban J connectivity index is 2.30. The lowest BCUT2D eigenvalue weighted by Gasteiger charge is -2.21. The second-order valence-electron chi connectivity index (χ2n) is 2.79. The first-order valence-electron chi connectivity index (χ1n) is 3.60. The summed E-state index contributed by atoms with van der Waals surface area (Å²) in [5, 5.41) is 7.55. The van der Waals surface area contributed by atoms with Gasteiger partial charge in [0.05, 0.1) is 12.2 Å². The van der Waals surface area contributed by atoms with E-state index in [2.05, 4.69) is 28.1 Å². The van der Waals surface area contributed by atoms with Crippen LogP contribution in [0.4, 0.5) is 0 Å². The highest BCUT2D eigenvalue weighted by atomic mass is 15.3. The van der Waals surface area contributed by atoms with E-state index in [0.29, 0.717) is 6.04 Å². The first kappa shape index (κ1) is 5.92. The molecule has 0 bridgehead atoms. The number of hydrogen-bond donors (Lipinski definition) is 1. The van der Waals surface area contributed by atoms with Gasteiger partial charge in [0.25, 0.3) is 0 Å². The average Bonchev–Trinajstić information content (AvgIpc) is 2.33. The van der Waals surface area contributed by atoms with E-state index in [1.807, 2.05) is 6.20 Å². The number of nitrogens with one attached hydrogen (secondary N) is 1. The fourth-order valence-electron chi connectivity index (χ4n) is 1.28.